The molecule has 1 atom stereocenters. The predicted molar refractivity (Wildman–Crippen MR) is 92.3 cm³/mol. The number of allylic oxidation sites excluding steroid dienone is 2. The van der Waals surface area contributed by atoms with Gasteiger partial charge in [0.25, 0.3) is 5.91 Å². The van der Waals surface area contributed by atoms with Gasteiger partial charge in [-0.3, -0.25) is 9.69 Å². The van der Waals surface area contributed by atoms with Crippen LogP contribution in [0.2, 0.25) is 0 Å². The summed E-state index contributed by atoms with van der Waals surface area (Å²) >= 11 is 6.25. The van der Waals surface area contributed by atoms with Crippen molar-refractivity contribution in [3.05, 3.63) is 52.4 Å². The summed E-state index contributed by atoms with van der Waals surface area (Å²) in [5, 5.41) is 9.05. The first-order valence-electron chi connectivity index (χ1n) is 6.63. The Hall–Kier alpha value is -1.92. The number of carbonyl (C=O) groups is 2. The summed E-state index contributed by atoms with van der Waals surface area (Å²) in [4.78, 5) is 25.0. The smallest absolute Gasteiger partial charge is 0.326 e. The van der Waals surface area contributed by atoms with E-state index in [2.05, 4.69) is 0 Å². The maximum Gasteiger partial charge on any atom is 0.326 e. The number of amides is 1. The van der Waals surface area contributed by atoms with Crippen LogP contribution in [0.15, 0.2) is 46.9 Å². The molecule has 1 fully saturated rings. The monoisotopic (exact) mass is 333 g/mol. The van der Waals surface area contributed by atoms with Gasteiger partial charge in [0, 0.05) is 0 Å². The molecule has 4 nitrogen and oxygen atoms in total. The molecule has 1 aliphatic heterocycles. The molecule has 6 heteroatoms. The number of thioether (sulfide) groups is 1. The Morgan fingerprint density at radius 1 is 1.36 bits per heavy atom. The highest BCUT2D eigenvalue weighted by molar-refractivity contribution is 8.26. The van der Waals surface area contributed by atoms with E-state index in [9.17, 15) is 9.59 Å². The van der Waals surface area contributed by atoms with Crippen LogP contribution in [0.1, 0.15) is 19.4 Å². The zero-order valence-electron chi connectivity index (χ0n) is 12.1. The predicted octanol–water partition coefficient (Wildman–Crippen LogP) is 3.31. The van der Waals surface area contributed by atoms with Crippen LogP contribution >= 0.6 is 24.0 Å². The van der Waals surface area contributed by atoms with Crippen LogP contribution in [-0.2, 0) is 9.59 Å². The van der Waals surface area contributed by atoms with Gasteiger partial charge < -0.3 is 5.11 Å². The highest BCUT2D eigenvalue weighted by Gasteiger charge is 2.38. The van der Waals surface area contributed by atoms with Crippen molar-refractivity contribution in [3.63, 3.8) is 0 Å². The maximum absolute atomic E-state index is 12.3. The van der Waals surface area contributed by atoms with Crippen LogP contribution in [-0.4, -0.2) is 32.2 Å². The van der Waals surface area contributed by atoms with Crippen LogP contribution in [0.4, 0.5) is 0 Å². The fourth-order valence-electron chi connectivity index (χ4n) is 1.98. The number of hydrogen-bond donors (Lipinski definition) is 1. The van der Waals surface area contributed by atoms with Gasteiger partial charge in [-0.1, -0.05) is 60.4 Å². The molecule has 1 amide bonds. The highest BCUT2D eigenvalue weighted by atomic mass is 32.2. The fourth-order valence-corrected chi connectivity index (χ4v) is 3.45. The fraction of sp³-hybridized carbons (Fsp3) is 0.188. The summed E-state index contributed by atoms with van der Waals surface area (Å²) in [6.45, 7) is 3.34. The molecular weight excluding hydrogens is 318 g/mol. The van der Waals surface area contributed by atoms with Crippen molar-refractivity contribution in [1.29, 1.82) is 0 Å². The molecule has 2 rings (SSSR count). The highest BCUT2D eigenvalue weighted by Crippen LogP contribution is 2.33. The Labute approximate surface area is 138 Å². The second kappa shape index (κ2) is 6.89. The third-order valence-electron chi connectivity index (χ3n) is 3.12. The van der Waals surface area contributed by atoms with E-state index in [0.717, 1.165) is 27.8 Å². The van der Waals surface area contributed by atoms with Crippen molar-refractivity contribution in [3.8, 4) is 0 Å². The normalized spacial score (nSPS) is 18.9. The number of aliphatic carboxylic acids is 1. The van der Waals surface area contributed by atoms with Gasteiger partial charge in [0.05, 0.1) is 4.91 Å². The molecule has 0 bridgehead atoms. The number of rotatable bonds is 4. The number of nitrogens with zero attached hydrogens (tertiary/aromatic N) is 1. The van der Waals surface area contributed by atoms with Crippen molar-refractivity contribution in [1.82, 2.24) is 4.90 Å². The summed E-state index contributed by atoms with van der Waals surface area (Å²) in [7, 11) is 0. The molecule has 1 aromatic carbocycles. The number of carbonyl (C=O) groups excluding carboxylic acids is 1. The average Bonchev–Trinajstić information content (AvgIpc) is 2.73. The first kappa shape index (κ1) is 16.5. The SMILES string of the molecule is CC(/C=C1\SC(=S)N([C@@H](C)C(=O)O)C1=O)=C\c1ccccc1. The van der Waals surface area contributed by atoms with Crippen molar-refractivity contribution in [2.24, 2.45) is 0 Å². The van der Waals surface area contributed by atoms with Crippen molar-refractivity contribution >= 4 is 46.3 Å². The van der Waals surface area contributed by atoms with Gasteiger partial charge in [-0.15, -0.1) is 0 Å². The lowest BCUT2D eigenvalue weighted by atomic mass is 10.1. The zero-order valence-corrected chi connectivity index (χ0v) is 13.8. The van der Waals surface area contributed by atoms with E-state index >= 15 is 0 Å². The summed E-state index contributed by atoms with van der Waals surface area (Å²) in [5.41, 5.74) is 1.93. The number of hydrogen-bond acceptors (Lipinski definition) is 4. The third kappa shape index (κ3) is 3.64. The molecule has 0 aromatic heterocycles. The number of carboxylic acid groups (broad SMARTS) is 1. The maximum atomic E-state index is 12.3. The molecule has 22 heavy (non-hydrogen) atoms. The number of thiocarbonyl (C=S) groups is 1. The van der Waals surface area contributed by atoms with Crippen molar-refractivity contribution in [2.75, 3.05) is 0 Å². The minimum Gasteiger partial charge on any atom is -0.480 e. The first-order valence-corrected chi connectivity index (χ1v) is 7.86. The third-order valence-corrected chi connectivity index (χ3v) is 4.45. The van der Waals surface area contributed by atoms with Gasteiger partial charge in [-0.25, -0.2) is 4.79 Å². The first-order chi connectivity index (χ1) is 10.4. The Morgan fingerprint density at radius 3 is 2.59 bits per heavy atom. The van der Waals surface area contributed by atoms with Gasteiger partial charge in [0.2, 0.25) is 0 Å². The lowest BCUT2D eigenvalue weighted by Gasteiger charge is -2.18. The second-order valence-electron chi connectivity index (χ2n) is 4.86. The van der Waals surface area contributed by atoms with Crippen molar-refractivity contribution < 1.29 is 14.7 Å². The Bertz CT molecular complexity index is 680. The molecule has 114 valence electrons. The summed E-state index contributed by atoms with van der Waals surface area (Å²) < 4.78 is 0.277. The molecule has 0 unspecified atom stereocenters. The largest absolute Gasteiger partial charge is 0.480 e. The van der Waals surface area contributed by atoms with E-state index in [1.165, 1.54) is 6.92 Å². The summed E-state index contributed by atoms with van der Waals surface area (Å²) in [6.07, 6.45) is 3.69. The Morgan fingerprint density at radius 2 is 2.00 bits per heavy atom. The lowest BCUT2D eigenvalue weighted by molar-refractivity contribution is -0.144. The molecule has 0 radical (unpaired) electrons. The van der Waals surface area contributed by atoms with Crippen LogP contribution in [0, 0.1) is 0 Å². The topological polar surface area (TPSA) is 57.6 Å². The second-order valence-corrected chi connectivity index (χ2v) is 6.54. The van der Waals surface area contributed by atoms with Crippen molar-refractivity contribution in [2.45, 2.75) is 19.9 Å². The zero-order chi connectivity index (χ0) is 16.3. The molecule has 1 aliphatic rings. The number of carboxylic acids is 1. The van der Waals surface area contributed by atoms with Crippen LogP contribution in [0.5, 0.6) is 0 Å². The van der Waals surface area contributed by atoms with Crippen LogP contribution in [0.25, 0.3) is 6.08 Å². The molecule has 0 spiro atoms. The Kier molecular flexibility index (Phi) is 5.15. The standard InChI is InChI=1S/C16H15NO3S2/c1-10(8-12-6-4-3-5-7-12)9-13-14(18)17(16(21)22-13)11(2)15(19)20/h3-9,11H,1-2H3,(H,19,20)/b10-8+,13-9-/t11-/m0/s1. The summed E-state index contributed by atoms with van der Waals surface area (Å²) in [5.74, 6) is -1.43. The van der Waals surface area contributed by atoms with Gasteiger partial charge in [-0.05, 0) is 31.1 Å². The molecule has 1 saturated heterocycles. The molecule has 1 aromatic rings. The van der Waals surface area contributed by atoms with Gasteiger partial charge in [0.1, 0.15) is 10.4 Å². The molecule has 1 N–H and O–H groups in total. The van der Waals surface area contributed by atoms with E-state index in [1.54, 1.807) is 6.08 Å². The van der Waals surface area contributed by atoms with E-state index in [-0.39, 0.29) is 10.2 Å². The molecule has 0 aliphatic carbocycles. The van der Waals surface area contributed by atoms with Crippen LogP contribution < -0.4 is 0 Å². The quantitative estimate of drug-likeness (QED) is 0.677. The van der Waals surface area contributed by atoms with E-state index < -0.39 is 12.0 Å². The number of benzene rings is 1. The molecule has 0 saturated carbocycles. The minimum atomic E-state index is -1.07. The van der Waals surface area contributed by atoms with E-state index in [4.69, 9.17) is 17.3 Å². The van der Waals surface area contributed by atoms with Gasteiger partial charge >= 0.3 is 5.97 Å². The van der Waals surface area contributed by atoms with E-state index in [0.29, 0.717) is 4.91 Å². The molecule has 1 heterocycles. The Balaban J connectivity index is 2.23. The average molecular weight is 333 g/mol. The minimum absolute atomic E-state index is 0.277. The van der Waals surface area contributed by atoms with Gasteiger partial charge in [-0.2, -0.15) is 0 Å². The van der Waals surface area contributed by atoms with Gasteiger partial charge in [0.15, 0.2) is 0 Å². The lowest BCUT2D eigenvalue weighted by Crippen LogP contribution is -2.41. The molecular formula is C16H15NO3S2. The van der Waals surface area contributed by atoms with Crippen LogP contribution in [0.3, 0.4) is 0 Å². The van der Waals surface area contributed by atoms with E-state index in [1.807, 2.05) is 43.3 Å². The summed E-state index contributed by atoms with van der Waals surface area (Å²) in [6, 6.07) is 8.78.